The molecule has 0 unspecified atom stereocenters. The second-order valence-corrected chi connectivity index (χ2v) is 11.6. The van der Waals surface area contributed by atoms with Gasteiger partial charge < -0.3 is 15.0 Å². The number of hydrogen-bond donors (Lipinski definition) is 1. The van der Waals surface area contributed by atoms with Crippen molar-refractivity contribution in [2.24, 2.45) is 0 Å². The Labute approximate surface area is 245 Å². The molecule has 3 rings (SSSR count). The topological polar surface area (TPSA) is 96.0 Å². The van der Waals surface area contributed by atoms with Crippen LogP contribution in [0.5, 0.6) is 5.75 Å². The quantitative estimate of drug-likeness (QED) is 0.276. The first-order chi connectivity index (χ1) is 19.1. The summed E-state index contributed by atoms with van der Waals surface area (Å²) in [6.45, 7) is 3.44. The van der Waals surface area contributed by atoms with Gasteiger partial charge in [-0.15, -0.1) is 0 Å². The van der Waals surface area contributed by atoms with E-state index in [0.717, 1.165) is 4.31 Å². The van der Waals surface area contributed by atoms with Crippen molar-refractivity contribution >= 4 is 50.7 Å². The number of para-hydroxylation sites is 2. The predicted molar refractivity (Wildman–Crippen MR) is 158 cm³/mol. The van der Waals surface area contributed by atoms with Crippen LogP contribution in [0.15, 0.2) is 77.7 Å². The van der Waals surface area contributed by atoms with Crippen LogP contribution in [-0.4, -0.2) is 51.4 Å². The lowest BCUT2D eigenvalue weighted by Gasteiger charge is -2.33. The van der Waals surface area contributed by atoms with Gasteiger partial charge in [0.15, 0.2) is 0 Å². The summed E-state index contributed by atoms with van der Waals surface area (Å²) in [6.07, 6.45) is 0.993. The molecular formula is C29H33Cl2N3O5S. The Balaban J connectivity index is 2.12. The third-order valence-electron chi connectivity index (χ3n) is 6.29. The van der Waals surface area contributed by atoms with Crippen molar-refractivity contribution in [1.29, 1.82) is 0 Å². The highest BCUT2D eigenvalue weighted by Crippen LogP contribution is 2.33. The highest BCUT2D eigenvalue weighted by Gasteiger charge is 2.35. The summed E-state index contributed by atoms with van der Waals surface area (Å²) in [6, 6.07) is 18.4. The Morgan fingerprint density at radius 2 is 1.55 bits per heavy atom. The molecule has 0 bridgehead atoms. The van der Waals surface area contributed by atoms with Crippen molar-refractivity contribution in [3.05, 3.63) is 88.4 Å². The number of nitrogens with one attached hydrogen (secondary N) is 1. The van der Waals surface area contributed by atoms with Crippen LogP contribution in [0.25, 0.3) is 0 Å². The zero-order chi connectivity index (χ0) is 29.3. The smallest absolute Gasteiger partial charge is 0.264 e. The predicted octanol–water partition coefficient (Wildman–Crippen LogP) is 5.53. The number of benzene rings is 3. The van der Waals surface area contributed by atoms with Crippen LogP contribution >= 0.6 is 23.2 Å². The average molecular weight is 607 g/mol. The number of nitrogens with zero attached hydrogens (tertiary/aromatic N) is 2. The molecular weight excluding hydrogens is 573 g/mol. The van der Waals surface area contributed by atoms with Crippen molar-refractivity contribution in [3.8, 4) is 5.75 Å². The summed E-state index contributed by atoms with van der Waals surface area (Å²) in [5.74, 6) is -0.696. The third-order valence-corrected chi connectivity index (χ3v) is 8.77. The number of rotatable bonds is 13. The monoisotopic (exact) mass is 605 g/mol. The third kappa shape index (κ3) is 7.27. The van der Waals surface area contributed by atoms with E-state index in [1.165, 1.54) is 24.1 Å². The molecule has 2 amide bonds. The summed E-state index contributed by atoms with van der Waals surface area (Å²) in [5, 5.41) is 3.50. The van der Waals surface area contributed by atoms with Gasteiger partial charge in [0.05, 0.1) is 17.7 Å². The standard InChI is InChI=1S/C29H33Cl2N3O5S/c1-4-18-32-29(36)25(5-2)33(19-22-23(30)14-11-15-24(22)31)28(35)20-34(26-16-9-10-17-27(26)39-3)40(37,38)21-12-7-6-8-13-21/h6-17,25H,4-5,18-20H2,1-3H3,(H,32,36)/t25-/m0/s1. The van der Waals surface area contributed by atoms with E-state index in [9.17, 15) is 18.0 Å². The molecule has 3 aromatic carbocycles. The summed E-state index contributed by atoms with van der Waals surface area (Å²) < 4.78 is 34.3. The van der Waals surface area contributed by atoms with E-state index in [0.29, 0.717) is 28.6 Å². The first-order valence-electron chi connectivity index (χ1n) is 12.9. The number of carbonyl (C=O) groups excluding carboxylic acids is 2. The van der Waals surface area contributed by atoms with E-state index in [2.05, 4.69) is 5.32 Å². The Morgan fingerprint density at radius 1 is 0.925 bits per heavy atom. The van der Waals surface area contributed by atoms with Gasteiger partial charge in [0.1, 0.15) is 18.3 Å². The fraction of sp³-hybridized carbons (Fsp3) is 0.310. The van der Waals surface area contributed by atoms with E-state index in [4.69, 9.17) is 27.9 Å². The molecule has 3 aromatic rings. The van der Waals surface area contributed by atoms with Crippen molar-refractivity contribution in [2.45, 2.75) is 44.2 Å². The molecule has 0 aliphatic rings. The maximum absolute atomic E-state index is 14.1. The molecule has 214 valence electrons. The number of halogens is 2. The van der Waals surface area contributed by atoms with Gasteiger partial charge in [0.2, 0.25) is 11.8 Å². The zero-order valence-corrected chi connectivity index (χ0v) is 25.0. The normalized spacial score (nSPS) is 11.9. The van der Waals surface area contributed by atoms with Gasteiger partial charge in [0, 0.05) is 28.7 Å². The highest BCUT2D eigenvalue weighted by molar-refractivity contribution is 7.92. The van der Waals surface area contributed by atoms with Crippen molar-refractivity contribution in [2.75, 3.05) is 24.5 Å². The fourth-order valence-corrected chi connectivity index (χ4v) is 6.17. The lowest BCUT2D eigenvalue weighted by molar-refractivity contribution is -0.140. The number of anilines is 1. The summed E-state index contributed by atoms with van der Waals surface area (Å²) in [5.41, 5.74) is 0.636. The Kier molecular flexibility index (Phi) is 11.2. The van der Waals surface area contributed by atoms with E-state index in [-0.39, 0.29) is 35.2 Å². The maximum Gasteiger partial charge on any atom is 0.264 e. The van der Waals surface area contributed by atoms with Crippen LogP contribution in [0, 0.1) is 0 Å². The Hall–Kier alpha value is -3.27. The van der Waals surface area contributed by atoms with Crippen LogP contribution in [0.4, 0.5) is 5.69 Å². The second kappa shape index (κ2) is 14.4. The van der Waals surface area contributed by atoms with Gasteiger partial charge in [-0.3, -0.25) is 13.9 Å². The van der Waals surface area contributed by atoms with Gasteiger partial charge in [-0.05, 0) is 49.2 Å². The molecule has 0 aromatic heterocycles. The number of methoxy groups -OCH3 is 1. The number of ether oxygens (including phenoxy) is 1. The molecule has 1 N–H and O–H groups in total. The molecule has 0 saturated carbocycles. The molecule has 40 heavy (non-hydrogen) atoms. The van der Waals surface area contributed by atoms with Crippen molar-refractivity contribution < 1.29 is 22.7 Å². The average Bonchev–Trinajstić information content (AvgIpc) is 2.96. The van der Waals surface area contributed by atoms with Crippen LogP contribution in [-0.2, 0) is 26.2 Å². The van der Waals surface area contributed by atoms with E-state index in [1.807, 2.05) is 6.92 Å². The molecule has 1 atom stereocenters. The SMILES string of the molecule is CCCNC(=O)[C@H](CC)N(Cc1c(Cl)cccc1Cl)C(=O)CN(c1ccccc1OC)S(=O)(=O)c1ccccc1. The molecule has 0 saturated heterocycles. The zero-order valence-electron chi connectivity index (χ0n) is 22.6. The number of amides is 2. The fourth-order valence-electron chi connectivity index (χ4n) is 4.21. The van der Waals surface area contributed by atoms with Crippen molar-refractivity contribution in [3.63, 3.8) is 0 Å². The molecule has 11 heteroatoms. The maximum atomic E-state index is 14.1. The molecule has 0 aliphatic carbocycles. The minimum absolute atomic E-state index is 0.00198. The second-order valence-electron chi connectivity index (χ2n) is 8.93. The molecule has 0 fully saturated rings. The highest BCUT2D eigenvalue weighted by atomic mass is 35.5. The first-order valence-corrected chi connectivity index (χ1v) is 15.1. The lowest BCUT2D eigenvalue weighted by Crippen LogP contribution is -2.52. The number of hydrogen-bond acceptors (Lipinski definition) is 5. The molecule has 0 radical (unpaired) electrons. The molecule has 0 spiro atoms. The minimum Gasteiger partial charge on any atom is -0.495 e. The summed E-state index contributed by atoms with van der Waals surface area (Å²) in [7, 11) is -2.80. The number of carbonyl (C=O) groups is 2. The lowest BCUT2D eigenvalue weighted by atomic mass is 10.1. The number of sulfonamides is 1. The van der Waals surface area contributed by atoms with Crippen LogP contribution in [0.1, 0.15) is 32.3 Å². The largest absolute Gasteiger partial charge is 0.495 e. The van der Waals surface area contributed by atoms with Gasteiger partial charge in [0.25, 0.3) is 10.0 Å². The van der Waals surface area contributed by atoms with E-state index in [1.54, 1.807) is 67.6 Å². The summed E-state index contributed by atoms with van der Waals surface area (Å²) in [4.78, 5) is 28.7. The molecule has 8 nitrogen and oxygen atoms in total. The Morgan fingerprint density at radius 3 is 2.15 bits per heavy atom. The van der Waals surface area contributed by atoms with Crippen LogP contribution in [0.2, 0.25) is 10.0 Å². The Bertz CT molecular complexity index is 1400. The molecule has 0 aliphatic heterocycles. The van der Waals surface area contributed by atoms with Gasteiger partial charge in [-0.1, -0.05) is 73.4 Å². The first kappa shape index (κ1) is 31.3. The van der Waals surface area contributed by atoms with E-state index >= 15 is 0 Å². The van der Waals surface area contributed by atoms with E-state index < -0.39 is 28.5 Å². The van der Waals surface area contributed by atoms with Crippen molar-refractivity contribution in [1.82, 2.24) is 10.2 Å². The van der Waals surface area contributed by atoms with Gasteiger partial charge in [-0.2, -0.15) is 0 Å². The van der Waals surface area contributed by atoms with Gasteiger partial charge in [-0.25, -0.2) is 8.42 Å². The molecule has 0 heterocycles. The summed E-state index contributed by atoms with van der Waals surface area (Å²) >= 11 is 12.9. The van der Waals surface area contributed by atoms with Crippen LogP contribution in [0.3, 0.4) is 0 Å². The van der Waals surface area contributed by atoms with Crippen LogP contribution < -0.4 is 14.4 Å². The van der Waals surface area contributed by atoms with Gasteiger partial charge >= 0.3 is 0 Å². The minimum atomic E-state index is -4.22.